The average molecular weight is 306 g/mol. The van der Waals surface area contributed by atoms with Gasteiger partial charge < -0.3 is 9.84 Å². The summed E-state index contributed by atoms with van der Waals surface area (Å²) in [5.74, 6) is -0.654. The molecule has 0 heterocycles. The summed E-state index contributed by atoms with van der Waals surface area (Å²) in [6, 6.07) is 12.0. The molecular weight excluding hydrogens is 291 g/mol. The van der Waals surface area contributed by atoms with Crippen molar-refractivity contribution in [2.24, 2.45) is 0 Å². The van der Waals surface area contributed by atoms with Gasteiger partial charge in [0.2, 0.25) is 0 Å². The van der Waals surface area contributed by atoms with Crippen molar-refractivity contribution in [3.8, 4) is 0 Å². The van der Waals surface area contributed by atoms with Gasteiger partial charge in [0.05, 0.1) is 19.3 Å². The quantitative estimate of drug-likeness (QED) is 0.679. The summed E-state index contributed by atoms with van der Waals surface area (Å²) in [6.07, 6.45) is 0. The molecule has 0 radical (unpaired) electrons. The molecule has 110 valence electrons. The van der Waals surface area contributed by atoms with Gasteiger partial charge in [-0.15, -0.1) is 11.8 Å². The van der Waals surface area contributed by atoms with Crippen LogP contribution in [0, 0.1) is 5.82 Å². The molecule has 0 aliphatic carbocycles. The SMILES string of the molecule is COC(=O)c1ccc(CSc2ccc(CO)cc2)cc1F. The molecule has 0 spiro atoms. The maximum atomic E-state index is 13.8. The predicted molar refractivity (Wildman–Crippen MR) is 79.7 cm³/mol. The molecule has 2 aromatic carbocycles. The zero-order valence-corrected chi connectivity index (χ0v) is 12.3. The fraction of sp³-hybridized carbons (Fsp3) is 0.188. The summed E-state index contributed by atoms with van der Waals surface area (Å²) < 4.78 is 18.3. The van der Waals surface area contributed by atoms with E-state index in [1.807, 2.05) is 24.3 Å². The summed E-state index contributed by atoms with van der Waals surface area (Å²) in [5.41, 5.74) is 1.59. The second-order valence-electron chi connectivity index (χ2n) is 4.40. The molecule has 0 unspecified atom stereocenters. The van der Waals surface area contributed by atoms with Crippen LogP contribution in [0.5, 0.6) is 0 Å². The Morgan fingerprint density at radius 2 is 1.86 bits per heavy atom. The van der Waals surface area contributed by atoms with E-state index in [-0.39, 0.29) is 12.2 Å². The van der Waals surface area contributed by atoms with E-state index in [1.54, 1.807) is 17.8 Å². The molecule has 0 saturated heterocycles. The Kier molecular flexibility index (Phi) is 5.36. The fourth-order valence-corrected chi connectivity index (χ4v) is 2.62. The van der Waals surface area contributed by atoms with Gasteiger partial charge in [-0.2, -0.15) is 0 Å². The average Bonchev–Trinajstić information content (AvgIpc) is 2.52. The van der Waals surface area contributed by atoms with Gasteiger partial charge in [-0.25, -0.2) is 9.18 Å². The van der Waals surface area contributed by atoms with Crippen molar-refractivity contribution in [2.45, 2.75) is 17.3 Å². The molecule has 0 fully saturated rings. The Balaban J connectivity index is 2.03. The molecule has 0 amide bonds. The van der Waals surface area contributed by atoms with E-state index < -0.39 is 11.8 Å². The lowest BCUT2D eigenvalue weighted by Gasteiger charge is -2.06. The van der Waals surface area contributed by atoms with Gasteiger partial charge in [0.15, 0.2) is 0 Å². The van der Waals surface area contributed by atoms with Crippen molar-refractivity contribution in [1.29, 1.82) is 0 Å². The van der Waals surface area contributed by atoms with E-state index in [2.05, 4.69) is 4.74 Å². The number of carbonyl (C=O) groups is 1. The number of benzene rings is 2. The summed E-state index contributed by atoms with van der Waals surface area (Å²) >= 11 is 1.56. The number of esters is 1. The number of methoxy groups -OCH3 is 1. The molecule has 21 heavy (non-hydrogen) atoms. The lowest BCUT2D eigenvalue weighted by molar-refractivity contribution is 0.0595. The van der Waals surface area contributed by atoms with Crippen molar-refractivity contribution >= 4 is 17.7 Å². The monoisotopic (exact) mass is 306 g/mol. The van der Waals surface area contributed by atoms with E-state index in [4.69, 9.17) is 5.11 Å². The highest BCUT2D eigenvalue weighted by Gasteiger charge is 2.12. The van der Waals surface area contributed by atoms with E-state index in [9.17, 15) is 9.18 Å². The first kappa shape index (κ1) is 15.5. The first-order chi connectivity index (χ1) is 10.1. The first-order valence-electron chi connectivity index (χ1n) is 6.33. The van der Waals surface area contributed by atoms with Crippen LogP contribution in [0.1, 0.15) is 21.5 Å². The van der Waals surface area contributed by atoms with Gasteiger partial charge in [-0.3, -0.25) is 0 Å². The fourth-order valence-electron chi connectivity index (χ4n) is 1.78. The predicted octanol–water partition coefficient (Wildman–Crippen LogP) is 3.40. The van der Waals surface area contributed by atoms with Crippen molar-refractivity contribution in [3.63, 3.8) is 0 Å². The molecular formula is C16H15FO3S. The Hall–Kier alpha value is -1.85. The van der Waals surface area contributed by atoms with Gasteiger partial charge in [-0.05, 0) is 35.4 Å². The Labute approximate surface area is 126 Å². The minimum atomic E-state index is -0.675. The van der Waals surface area contributed by atoms with Crippen LogP contribution in [0.2, 0.25) is 0 Å². The van der Waals surface area contributed by atoms with Crippen LogP contribution < -0.4 is 0 Å². The first-order valence-corrected chi connectivity index (χ1v) is 7.32. The van der Waals surface area contributed by atoms with Crippen molar-refractivity contribution < 1.29 is 19.0 Å². The molecule has 2 rings (SSSR count). The maximum Gasteiger partial charge on any atom is 0.340 e. The van der Waals surface area contributed by atoms with Crippen LogP contribution in [-0.4, -0.2) is 18.2 Å². The van der Waals surface area contributed by atoms with Crippen molar-refractivity contribution in [2.75, 3.05) is 7.11 Å². The summed E-state index contributed by atoms with van der Waals surface area (Å²) in [4.78, 5) is 12.3. The number of ether oxygens (including phenoxy) is 1. The van der Waals surface area contributed by atoms with Crippen LogP contribution in [-0.2, 0) is 17.1 Å². The number of halogens is 1. The summed E-state index contributed by atoms with van der Waals surface area (Å²) in [5, 5.41) is 8.97. The minimum absolute atomic E-state index is 0.0190. The highest BCUT2D eigenvalue weighted by Crippen LogP contribution is 2.24. The Morgan fingerprint density at radius 3 is 2.43 bits per heavy atom. The number of aliphatic hydroxyl groups excluding tert-OH is 1. The normalized spacial score (nSPS) is 10.4. The number of aliphatic hydroxyl groups is 1. The van der Waals surface area contributed by atoms with E-state index in [0.717, 1.165) is 16.0 Å². The Bertz CT molecular complexity index is 626. The smallest absolute Gasteiger partial charge is 0.340 e. The molecule has 0 aliphatic heterocycles. The van der Waals surface area contributed by atoms with Crippen LogP contribution in [0.15, 0.2) is 47.4 Å². The van der Waals surface area contributed by atoms with Gasteiger partial charge in [-0.1, -0.05) is 18.2 Å². The lowest BCUT2D eigenvalue weighted by atomic mass is 10.1. The highest BCUT2D eigenvalue weighted by molar-refractivity contribution is 7.98. The van der Waals surface area contributed by atoms with Gasteiger partial charge in [0.25, 0.3) is 0 Å². The van der Waals surface area contributed by atoms with Crippen LogP contribution in [0.4, 0.5) is 4.39 Å². The summed E-state index contributed by atoms with van der Waals surface area (Å²) in [6.45, 7) is 0.0190. The number of rotatable bonds is 5. The lowest BCUT2D eigenvalue weighted by Crippen LogP contribution is -2.04. The third-order valence-electron chi connectivity index (χ3n) is 2.95. The number of hydrogen-bond acceptors (Lipinski definition) is 4. The Morgan fingerprint density at radius 1 is 1.19 bits per heavy atom. The highest BCUT2D eigenvalue weighted by atomic mass is 32.2. The number of hydrogen-bond donors (Lipinski definition) is 1. The third kappa shape index (κ3) is 4.06. The van der Waals surface area contributed by atoms with E-state index in [1.165, 1.54) is 19.2 Å². The molecule has 3 nitrogen and oxygen atoms in total. The second kappa shape index (κ2) is 7.24. The van der Waals surface area contributed by atoms with Crippen molar-refractivity contribution in [3.05, 3.63) is 65.0 Å². The van der Waals surface area contributed by atoms with Crippen LogP contribution in [0.25, 0.3) is 0 Å². The third-order valence-corrected chi connectivity index (χ3v) is 4.03. The largest absolute Gasteiger partial charge is 0.465 e. The molecule has 0 saturated carbocycles. The summed E-state index contributed by atoms with van der Waals surface area (Å²) in [7, 11) is 1.22. The molecule has 1 N–H and O–H groups in total. The topological polar surface area (TPSA) is 46.5 Å². The second-order valence-corrected chi connectivity index (χ2v) is 5.45. The van der Waals surface area contributed by atoms with Crippen LogP contribution in [0.3, 0.4) is 0 Å². The molecule has 5 heteroatoms. The van der Waals surface area contributed by atoms with Crippen molar-refractivity contribution in [1.82, 2.24) is 0 Å². The molecule has 0 atom stereocenters. The van der Waals surface area contributed by atoms with Crippen LogP contribution >= 0.6 is 11.8 Å². The minimum Gasteiger partial charge on any atom is -0.465 e. The zero-order valence-electron chi connectivity index (χ0n) is 11.5. The number of thioether (sulfide) groups is 1. The van der Waals surface area contributed by atoms with Gasteiger partial charge in [0.1, 0.15) is 5.82 Å². The van der Waals surface area contributed by atoms with E-state index >= 15 is 0 Å². The maximum absolute atomic E-state index is 13.8. The molecule has 2 aromatic rings. The van der Waals surface area contributed by atoms with Gasteiger partial charge >= 0.3 is 5.97 Å². The zero-order chi connectivity index (χ0) is 15.2. The standard InChI is InChI=1S/C16H15FO3S/c1-20-16(19)14-7-4-12(8-15(14)17)10-21-13-5-2-11(9-18)3-6-13/h2-8,18H,9-10H2,1H3. The molecule has 0 aliphatic rings. The number of carbonyl (C=O) groups excluding carboxylic acids is 1. The van der Waals surface area contributed by atoms with E-state index in [0.29, 0.717) is 5.75 Å². The molecule has 0 aromatic heterocycles. The van der Waals surface area contributed by atoms with Gasteiger partial charge in [0, 0.05) is 10.6 Å². The molecule has 0 bridgehead atoms.